The standard InChI is InChI=1S/C17H14FN3O2S/c18-9-4-1-3-8(7-9)12-13-10(5-2-6-11(13)22)19-15-14(12)16(23)21-17(24)20-15/h1,3-4,7,12H,2,5-6H2,(H3,19,20,21,23,24)/t12-/m0/s1. The third kappa shape index (κ3) is 2.32. The van der Waals surface area contributed by atoms with E-state index in [9.17, 15) is 14.0 Å². The summed E-state index contributed by atoms with van der Waals surface area (Å²) in [6.45, 7) is 0. The van der Waals surface area contributed by atoms with Crippen LogP contribution in [0.4, 0.5) is 10.2 Å². The summed E-state index contributed by atoms with van der Waals surface area (Å²) >= 11 is 5.04. The average Bonchev–Trinajstić information content (AvgIpc) is 2.53. The van der Waals surface area contributed by atoms with Crippen molar-refractivity contribution in [3.8, 4) is 0 Å². The van der Waals surface area contributed by atoms with Gasteiger partial charge in [0.1, 0.15) is 11.6 Å². The summed E-state index contributed by atoms with van der Waals surface area (Å²) in [7, 11) is 0. The minimum absolute atomic E-state index is 0.00879. The number of halogens is 1. The lowest BCUT2D eigenvalue weighted by atomic mass is 9.76. The van der Waals surface area contributed by atoms with Crippen LogP contribution in [0.2, 0.25) is 0 Å². The van der Waals surface area contributed by atoms with Gasteiger partial charge in [-0.05, 0) is 42.8 Å². The molecule has 1 atom stereocenters. The molecule has 0 saturated heterocycles. The number of hydrogen-bond donors (Lipinski definition) is 3. The maximum absolute atomic E-state index is 13.8. The van der Waals surface area contributed by atoms with E-state index in [1.165, 1.54) is 12.1 Å². The SMILES string of the molecule is O=C1CCCC2=C1[C@H](c1cccc(F)c1)c1c([nH]c(=S)[nH]c1=O)N2. The molecule has 3 N–H and O–H groups in total. The Morgan fingerprint density at radius 3 is 2.79 bits per heavy atom. The van der Waals surface area contributed by atoms with Crippen LogP contribution >= 0.6 is 12.2 Å². The van der Waals surface area contributed by atoms with E-state index in [0.29, 0.717) is 35.4 Å². The number of carbonyl (C=O) groups is 1. The zero-order chi connectivity index (χ0) is 16.8. The topological polar surface area (TPSA) is 77.8 Å². The lowest BCUT2D eigenvalue weighted by Crippen LogP contribution is -2.32. The molecule has 2 aliphatic rings. The van der Waals surface area contributed by atoms with Crippen LogP contribution < -0.4 is 10.9 Å². The average molecular weight is 343 g/mol. The molecular formula is C17H14FN3O2S. The summed E-state index contributed by atoms with van der Waals surface area (Å²) in [6.07, 6.45) is 1.89. The number of rotatable bonds is 1. The number of nitrogens with one attached hydrogen (secondary N) is 3. The highest BCUT2D eigenvalue weighted by atomic mass is 32.1. The second-order valence-electron chi connectivity index (χ2n) is 5.98. The van der Waals surface area contributed by atoms with Crippen molar-refractivity contribution in [2.24, 2.45) is 0 Å². The van der Waals surface area contributed by atoms with Crippen LogP contribution in [0, 0.1) is 10.6 Å². The molecular weight excluding hydrogens is 329 g/mol. The van der Waals surface area contributed by atoms with Gasteiger partial charge in [-0.3, -0.25) is 14.6 Å². The van der Waals surface area contributed by atoms with Gasteiger partial charge in [0.25, 0.3) is 5.56 Å². The Labute approximate surface area is 141 Å². The van der Waals surface area contributed by atoms with Gasteiger partial charge in [-0.2, -0.15) is 0 Å². The minimum Gasteiger partial charge on any atom is -0.344 e. The maximum Gasteiger partial charge on any atom is 0.257 e. The Bertz CT molecular complexity index is 1010. The number of ketones is 1. The second-order valence-corrected chi connectivity index (χ2v) is 6.39. The minimum atomic E-state index is -0.602. The zero-order valence-corrected chi connectivity index (χ0v) is 13.4. The molecule has 1 aliphatic heterocycles. The van der Waals surface area contributed by atoms with Crippen LogP contribution in [0.1, 0.15) is 36.3 Å². The van der Waals surface area contributed by atoms with Crippen LogP contribution in [-0.4, -0.2) is 15.8 Å². The molecule has 0 bridgehead atoms. The Hall–Kier alpha value is -2.54. The smallest absolute Gasteiger partial charge is 0.257 e. The van der Waals surface area contributed by atoms with Gasteiger partial charge in [-0.1, -0.05) is 12.1 Å². The quantitative estimate of drug-likeness (QED) is 0.695. The van der Waals surface area contributed by atoms with Crippen LogP contribution in [-0.2, 0) is 4.79 Å². The molecule has 7 heteroatoms. The highest BCUT2D eigenvalue weighted by molar-refractivity contribution is 7.71. The summed E-state index contributed by atoms with van der Waals surface area (Å²) in [5, 5.41) is 3.15. The Kier molecular flexibility index (Phi) is 3.45. The van der Waals surface area contributed by atoms with Crippen molar-refractivity contribution < 1.29 is 9.18 Å². The van der Waals surface area contributed by atoms with Gasteiger partial charge < -0.3 is 10.3 Å². The molecule has 0 radical (unpaired) electrons. The number of aromatic amines is 2. The van der Waals surface area contributed by atoms with Crippen molar-refractivity contribution in [1.29, 1.82) is 0 Å². The highest BCUT2D eigenvalue weighted by Crippen LogP contribution is 2.42. The van der Waals surface area contributed by atoms with Gasteiger partial charge in [0.15, 0.2) is 10.6 Å². The van der Waals surface area contributed by atoms with E-state index in [-0.39, 0.29) is 16.1 Å². The summed E-state index contributed by atoms with van der Waals surface area (Å²) in [5.74, 6) is -0.536. The van der Waals surface area contributed by atoms with Gasteiger partial charge in [0, 0.05) is 23.6 Å². The monoisotopic (exact) mass is 343 g/mol. The van der Waals surface area contributed by atoms with E-state index in [0.717, 1.165) is 12.1 Å². The van der Waals surface area contributed by atoms with E-state index >= 15 is 0 Å². The molecule has 1 aliphatic carbocycles. The van der Waals surface area contributed by atoms with E-state index < -0.39 is 11.7 Å². The molecule has 0 unspecified atom stereocenters. The van der Waals surface area contributed by atoms with Gasteiger partial charge in [-0.25, -0.2) is 4.39 Å². The number of carbonyl (C=O) groups excluding carboxylic acids is 1. The van der Waals surface area contributed by atoms with Crippen LogP contribution in [0.5, 0.6) is 0 Å². The van der Waals surface area contributed by atoms with Gasteiger partial charge in [0.2, 0.25) is 0 Å². The van der Waals surface area contributed by atoms with Crippen molar-refractivity contribution in [2.45, 2.75) is 25.2 Å². The Morgan fingerprint density at radius 1 is 1.17 bits per heavy atom. The van der Waals surface area contributed by atoms with Crippen molar-refractivity contribution in [1.82, 2.24) is 9.97 Å². The number of Topliss-reactive ketones (excluding diaryl/α,β-unsaturated/α-hetero) is 1. The molecule has 0 amide bonds. The van der Waals surface area contributed by atoms with Gasteiger partial charge in [0.05, 0.1) is 5.56 Å². The predicted molar refractivity (Wildman–Crippen MR) is 90.0 cm³/mol. The number of benzene rings is 1. The number of aromatic nitrogens is 2. The summed E-state index contributed by atoms with van der Waals surface area (Å²) in [6, 6.07) is 6.02. The molecule has 5 nitrogen and oxygen atoms in total. The third-order valence-corrected chi connectivity index (χ3v) is 4.68. The van der Waals surface area contributed by atoms with Crippen LogP contribution in [0.25, 0.3) is 0 Å². The first-order valence-corrected chi connectivity index (χ1v) is 8.10. The molecule has 2 aromatic rings. The molecule has 0 spiro atoms. The highest BCUT2D eigenvalue weighted by Gasteiger charge is 2.37. The van der Waals surface area contributed by atoms with E-state index in [4.69, 9.17) is 12.2 Å². The second kappa shape index (κ2) is 5.52. The fourth-order valence-corrected chi connectivity index (χ4v) is 3.71. The number of hydrogen-bond acceptors (Lipinski definition) is 4. The van der Waals surface area contributed by atoms with Crippen molar-refractivity contribution >= 4 is 23.8 Å². The van der Waals surface area contributed by atoms with Crippen molar-refractivity contribution in [2.75, 3.05) is 5.32 Å². The number of anilines is 1. The molecule has 1 aromatic heterocycles. The van der Waals surface area contributed by atoms with Crippen LogP contribution in [0.15, 0.2) is 40.3 Å². The zero-order valence-electron chi connectivity index (χ0n) is 12.6. The van der Waals surface area contributed by atoms with Crippen molar-refractivity contribution in [3.63, 3.8) is 0 Å². The first-order chi connectivity index (χ1) is 11.5. The number of H-pyrrole nitrogens is 2. The summed E-state index contributed by atoms with van der Waals surface area (Å²) in [5.41, 5.74) is 1.90. The lowest BCUT2D eigenvalue weighted by Gasteiger charge is -2.32. The van der Waals surface area contributed by atoms with Crippen LogP contribution in [0.3, 0.4) is 0 Å². The largest absolute Gasteiger partial charge is 0.344 e. The molecule has 1 aromatic carbocycles. The van der Waals surface area contributed by atoms with Gasteiger partial charge in [-0.15, -0.1) is 0 Å². The molecule has 24 heavy (non-hydrogen) atoms. The Morgan fingerprint density at radius 2 is 2.00 bits per heavy atom. The number of fused-ring (bicyclic) bond motifs is 1. The van der Waals surface area contributed by atoms with E-state index in [1.807, 2.05) is 0 Å². The molecule has 0 fully saturated rings. The Balaban J connectivity index is 2.03. The summed E-state index contributed by atoms with van der Waals surface area (Å²) in [4.78, 5) is 30.6. The first kappa shape index (κ1) is 15.0. The molecule has 122 valence electrons. The first-order valence-electron chi connectivity index (χ1n) is 7.70. The fraction of sp³-hybridized carbons (Fsp3) is 0.235. The van der Waals surface area contributed by atoms with Crippen molar-refractivity contribution in [3.05, 3.63) is 67.6 Å². The molecule has 2 heterocycles. The normalized spacial score (nSPS) is 19.5. The number of allylic oxidation sites excluding steroid dienone is 2. The predicted octanol–water partition coefficient (Wildman–Crippen LogP) is 3.14. The van der Waals surface area contributed by atoms with Gasteiger partial charge >= 0.3 is 0 Å². The molecule has 0 saturated carbocycles. The molecule has 4 rings (SSSR count). The maximum atomic E-state index is 13.8. The lowest BCUT2D eigenvalue weighted by molar-refractivity contribution is -0.116. The fourth-order valence-electron chi connectivity index (χ4n) is 3.51. The third-order valence-electron chi connectivity index (χ3n) is 4.47. The van der Waals surface area contributed by atoms with E-state index in [2.05, 4.69) is 15.3 Å². The van der Waals surface area contributed by atoms with E-state index in [1.54, 1.807) is 12.1 Å². The summed E-state index contributed by atoms with van der Waals surface area (Å²) < 4.78 is 14.0.